The Labute approximate surface area is 194 Å². The molecule has 2 aromatic carbocycles. The third-order valence-electron chi connectivity index (χ3n) is 4.51. The Balaban J connectivity index is 0.000000191. The zero-order valence-electron chi connectivity index (χ0n) is 18.7. The van der Waals surface area contributed by atoms with Gasteiger partial charge in [-0.05, 0) is 39.0 Å². The molecule has 4 rings (SSSR count). The number of anilines is 2. The summed E-state index contributed by atoms with van der Waals surface area (Å²) in [6.45, 7) is 4.99. The van der Waals surface area contributed by atoms with Gasteiger partial charge in [-0.1, -0.05) is 30.3 Å². The van der Waals surface area contributed by atoms with Gasteiger partial charge in [0.2, 0.25) is 0 Å². The molecule has 0 saturated carbocycles. The summed E-state index contributed by atoms with van der Waals surface area (Å²) in [7, 11) is -1.88. The molecule has 1 amide bonds. The number of halogens is 2. The standard InChI is InChI=1S/C12H8FN3.C11H15BFNO4/c13-9-5-1-3-7-8-4-2-6-15-11(8)12(14)16-10(7)9;1-11(2,3)18-10(15)14-9-7(12(16)17)5-4-6-8(9)13/h1-6H,(H2,14,16);4-6,16-17H,1-3H3,(H,14,15). The maximum absolute atomic E-state index is 13.6. The van der Waals surface area contributed by atoms with Gasteiger partial charge in [0.05, 0.1) is 5.69 Å². The average molecular weight is 468 g/mol. The molecule has 0 unspecified atom stereocenters. The molecule has 11 heteroatoms. The van der Waals surface area contributed by atoms with Gasteiger partial charge in [-0.25, -0.2) is 18.6 Å². The van der Waals surface area contributed by atoms with E-state index in [0.29, 0.717) is 11.0 Å². The number of rotatable bonds is 2. The number of nitrogens with zero attached hydrogens (tertiary/aromatic N) is 2. The monoisotopic (exact) mass is 468 g/mol. The number of benzene rings is 2. The van der Waals surface area contributed by atoms with E-state index in [1.54, 1.807) is 39.1 Å². The lowest BCUT2D eigenvalue weighted by Crippen LogP contribution is -2.35. The minimum Gasteiger partial charge on any atom is -0.444 e. The molecule has 8 nitrogen and oxygen atoms in total. The van der Waals surface area contributed by atoms with Crippen molar-refractivity contribution in [1.82, 2.24) is 9.97 Å². The summed E-state index contributed by atoms with van der Waals surface area (Å²) in [5.41, 5.74) is 5.48. The van der Waals surface area contributed by atoms with Gasteiger partial charge in [0.1, 0.15) is 28.3 Å². The molecule has 0 fully saturated rings. The van der Waals surface area contributed by atoms with E-state index in [1.807, 2.05) is 12.1 Å². The predicted octanol–water partition coefficient (Wildman–Crippen LogP) is 3.36. The van der Waals surface area contributed by atoms with Crippen molar-refractivity contribution in [2.75, 3.05) is 11.1 Å². The number of fused-ring (bicyclic) bond motifs is 3. The van der Waals surface area contributed by atoms with Crippen molar-refractivity contribution in [3.63, 3.8) is 0 Å². The van der Waals surface area contributed by atoms with Crippen LogP contribution in [0.4, 0.5) is 25.1 Å². The first-order chi connectivity index (χ1) is 16.0. The highest BCUT2D eigenvalue weighted by atomic mass is 19.1. The van der Waals surface area contributed by atoms with Crippen LogP contribution in [0, 0.1) is 11.6 Å². The highest BCUT2D eigenvalue weighted by molar-refractivity contribution is 6.60. The second kappa shape index (κ2) is 9.98. The number of nitrogens with one attached hydrogen (secondary N) is 1. The third kappa shape index (κ3) is 5.75. The molecular weight excluding hydrogens is 445 g/mol. The van der Waals surface area contributed by atoms with Crippen LogP contribution in [-0.4, -0.2) is 38.8 Å². The topological polar surface area (TPSA) is 131 Å². The zero-order chi connectivity index (χ0) is 25.0. The molecule has 2 aromatic heterocycles. The van der Waals surface area contributed by atoms with Crippen molar-refractivity contribution in [3.05, 3.63) is 66.4 Å². The Morgan fingerprint density at radius 3 is 2.29 bits per heavy atom. The van der Waals surface area contributed by atoms with Crippen molar-refractivity contribution in [3.8, 4) is 0 Å². The molecule has 176 valence electrons. The fourth-order valence-corrected chi connectivity index (χ4v) is 3.14. The lowest BCUT2D eigenvalue weighted by molar-refractivity contribution is 0.0635. The first-order valence-corrected chi connectivity index (χ1v) is 10.2. The summed E-state index contributed by atoms with van der Waals surface area (Å²) in [6.07, 6.45) is 0.778. The minimum absolute atomic E-state index is 0.138. The van der Waals surface area contributed by atoms with E-state index in [0.717, 1.165) is 16.8 Å². The number of amides is 1. The third-order valence-corrected chi connectivity index (χ3v) is 4.51. The molecular formula is C23H23BF2N4O4. The number of nitrogen functional groups attached to an aromatic ring is 1. The summed E-state index contributed by atoms with van der Waals surface area (Å²) in [5, 5.41) is 21.9. The quantitative estimate of drug-likeness (QED) is 0.262. The molecule has 2 heterocycles. The normalized spacial score (nSPS) is 11.0. The van der Waals surface area contributed by atoms with Crippen LogP contribution in [0.5, 0.6) is 0 Å². The van der Waals surface area contributed by atoms with Crippen LogP contribution in [-0.2, 0) is 4.74 Å². The number of carbonyl (C=O) groups excluding carboxylic acids is 1. The number of hydrogen-bond acceptors (Lipinski definition) is 7. The predicted molar refractivity (Wildman–Crippen MR) is 127 cm³/mol. The number of nitrogens with two attached hydrogens (primary N) is 1. The SMILES string of the molecule is CC(C)(C)OC(=O)Nc1c(F)cccc1B(O)O.Nc1nc2c(F)cccc2c2cccnc12. The Hall–Kier alpha value is -3.83. The van der Waals surface area contributed by atoms with Crippen LogP contribution in [0.15, 0.2) is 54.7 Å². The van der Waals surface area contributed by atoms with Gasteiger partial charge in [-0.2, -0.15) is 0 Å². The molecule has 0 bridgehead atoms. The van der Waals surface area contributed by atoms with Crippen LogP contribution in [0.3, 0.4) is 0 Å². The van der Waals surface area contributed by atoms with Crippen LogP contribution in [0.25, 0.3) is 21.8 Å². The minimum atomic E-state index is -1.88. The molecule has 0 aliphatic carbocycles. The van der Waals surface area contributed by atoms with E-state index in [4.69, 9.17) is 20.5 Å². The van der Waals surface area contributed by atoms with Crippen LogP contribution in [0.2, 0.25) is 0 Å². The van der Waals surface area contributed by atoms with Crippen LogP contribution in [0.1, 0.15) is 20.8 Å². The second-order valence-electron chi connectivity index (χ2n) is 8.24. The summed E-state index contributed by atoms with van der Waals surface area (Å²) in [6, 6.07) is 12.2. The average Bonchev–Trinajstić information content (AvgIpc) is 2.75. The van der Waals surface area contributed by atoms with Crippen molar-refractivity contribution >= 4 is 52.0 Å². The second-order valence-corrected chi connectivity index (χ2v) is 8.24. The molecule has 0 aliphatic heterocycles. The zero-order valence-corrected chi connectivity index (χ0v) is 18.7. The van der Waals surface area contributed by atoms with E-state index in [9.17, 15) is 13.6 Å². The molecule has 0 saturated heterocycles. The highest BCUT2D eigenvalue weighted by Crippen LogP contribution is 2.27. The lowest BCUT2D eigenvalue weighted by atomic mass is 9.79. The smallest absolute Gasteiger partial charge is 0.444 e. The molecule has 0 spiro atoms. The van der Waals surface area contributed by atoms with E-state index >= 15 is 0 Å². The van der Waals surface area contributed by atoms with Crippen molar-refractivity contribution < 1.29 is 28.4 Å². The summed E-state index contributed by atoms with van der Waals surface area (Å²) < 4.78 is 32.0. The molecule has 4 aromatic rings. The number of aromatic nitrogens is 2. The summed E-state index contributed by atoms with van der Waals surface area (Å²) >= 11 is 0. The molecule has 34 heavy (non-hydrogen) atoms. The van der Waals surface area contributed by atoms with E-state index in [1.165, 1.54) is 18.2 Å². The lowest BCUT2D eigenvalue weighted by Gasteiger charge is -2.20. The fourth-order valence-electron chi connectivity index (χ4n) is 3.14. The molecule has 0 atom stereocenters. The van der Waals surface area contributed by atoms with E-state index in [2.05, 4.69) is 15.3 Å². The van der Waals surface area contributed by atoms with Gasteiger partial charge < -0.3 is 20.5 Å². The van der Waals surface area contributed by atoms with Crippen LogP contribution >= 0.6 is 0 Å². The Morgan fingerprint density at radius 1 is 1.00 bits per heavy atom. The Kier molecular flexibility index (Phi) is 7.28. The fraction of sp³-hybridized carbons (Fsp3) is 0.174. The molecule has 0 aliphatic rings. The van der Waals surface area contributed by atoms with Gasteiger partial charge in [0.15, 0.2) is 5.82 Å². The first kappa shape index (κ1) is 24.8. The van der Waals surface area contributed by atoms with Crippen molar-refractivity contribution in [2.45, 2.75) is 26.4 Å². The number of hydrogen-bond donors (Lipinski definition) is 4. The van der Waals surface area contributed by atoms with Gasteiger partial charge in [-0.3, -0.25) is 10.3 Å². The largest absolute Gasteiger partial charge is 0.490 e. The molecule has 0 radical (unpaired) electrons. The molecule has 5 N–H and O–H groups in total. The highest BCUT2D eigenvalue weighted by Gasteiger charge is 2.23. The Bertz CT molecular complexity index is 1340. The number of carbonyl (C=O) groups is 1. The van der Waals surface area contributed by atoms with Gasteiger partial charge in [0, 0.05) is 22.4 Å². The van der Waals surface area contributed by atoms with Gasteiger partial charge in [-0.15, -0.1) is 0 Å². The summed E-state index contributed by atoms with van der Waals surface area (Å²) in [4.78, 5) is 19.7. The maximum Gasteiger partial charge on any atom is 0.490 e. The van der Waals surface area contributed by atoms with Gasteiger partial charge in [0.25, 0.3) is 0 Å². The Morgan fingerprint density at radius 2 is 1.62 bits per heavy atom. The number of para-hydroxylation sites is 2. The maximum atomic E-state index is 13.6. The number of pyridine rings is 2. The van der Waals surface area contributed by atoms with E-state index < -0.39 is 24.6 Å². The van der Waals surface area contributed by atoms with Crippen molar-refractivity contribution in [1.29, 1.82) is 0 Å². The van der Waals surface area contributed by atoms with E-state index in [-0.39, 0.29) is 22.8 Å². The number of ether oxygens (including phenoxy) is 1. The van der Waals surface area contributed by atoms with Crippen molar-refractivity contribution in [2.24, 2.45) is 0 Å². The summed E-state index contributed by atoms with van der Waals surface area (Å²) in [5.74, 6) is -0.880. The van der Waals surface area contributed by atoms with Gasteiger partial charge >= 0.3 is 13.2 Å². The first-order valence-electron chi connectivity index (χ1n) is 10.2. The van der Waals surface area contributed by atoms with Crippen LogP contribution < -0.4 is 16.5 Å².